The third kappa shape index (κ3) is 3.50. The fourth-order valence-electron chi connectivity index (χ4n) is 2.68. The van der Waals surface area contributed by atoms with Gasteiger partial charge in [-0.2, -0.15) is 0 Å². The smallest absolute Gasteiger partial charge is 0.182 e. The molecule has 4 nitrogen and oxygen atoms in total. The monoisotopic (exact) mass is 294 g/mol. The zero-order valence-electron chi connectivity index (χ0n) is 13.1. The third-order valence-corrected chi connectivity index (χ3v) is 3.90. The van der Waals surface area contributed by atoms with E-state index in [1.165, 1.54) is 31.2 Å². The molecule has 0 radical (unpaired) electrons. The lowest BCUT2D eigenvalue weighted by atomic mass is 10.1. The first kappa shape index (κ1) is 14.7. The lowest BCUT2D eigenvalue weighted by Crippen LogP contribution is -2.12. The van der Waals surface area contributed by atoms with Gasteiger partial charge in [0.15, 0.2) is 5.82 Å². The minimum absolute atomic E-state index is 0.759. The maximum atomic E-state index is 4.72. The van der Waals surface area contributed by atoms with Gasteiger partial charge in [0, 0.05) is 19.2 Å². The number of aromatic nitrogens is 4. The first-order valence-corrected chi connectivity index (χ1v) is 8.07. The molecule has 22 heavy (non-hydrogen) atoms. The molecule has 4 heteroatoms. The molecule has 2 aliphatic rings. The maximum absolute atomic E-state index is 4.72. The standard InChI is InChI=1S/C18H22N4/c1-2-3-4-8-11-17-21-18-16(19-14-20-18)13-22(17)12-15-9-6-5-7-10-15/h5-7,9-10,13-14H,2-4,8,11-12H2,1H3. The van der Waals surface area contributed by atoms with E-state index in [0.29, 0.717) is 0 Å². The largest absolute Gasteiger partial charge is 0.330 e. The summed E-state index contributed by atoms with van der Waals surface area (Å²) < 4.78 is 2.22. The van der Waals surface area contributed by atoms with E-state index < -0.39 is 0 Å². The Morgan fingerprint density at radius 1 is 1.00 bits per heavy atom. The van der Waals surface area contributed by atoms with E-state index in [2.05, 4.69) is 51.9 Å². The van der Waals surface area contributed by atoms with Crippen molar-refractivity contribution in [1.82, 2.24) is 19.5 Å². The maximum Gasteiger partial charge on any atom is 0.182 e. The number of nitrogens with zero attached hydrogens (tertiary/aromatic N) is 4. The molecule has 0 saturated carbocycles. The number of hydrogen-bond acceptors (Lipinski definition) is 3. The van der Waals surface area contributed by atoms with Crippen molar-refractivity contribution < 1.29 is 0 Å². The van der Waals surface area contributed by atoms with Crippen LogP contribution in [0, 0.1) is 0 Å². The zero-order valence-corrected chi connectivity index (χ0v) is 13.1. The Labute approximate surface area is 131 Å². The molecule has 0 N–H and O–H groups in total. The van der Waals surface area contributed by atoms with E-state index in [0.717, 1.165) is 30.3 Å². The van der Waals surface area contributed by atoms with Crippen molar-refractivity contribution in [2.45, 2.75) is 45.6 Å². The van der Waals surface area contributed by atoms with Gasteiger partial charge >= 0.3 is 0 Å². The topological polar surface area (TPSA) is 43.6 Å². The van der Waals surface area contributed by atoms with Gasteiger partial charge in [0.1, 0.15) is 17.8 Å². The van der Waals surface area contributed by atoms with Gasteiger partial charge in [0.25, 0.3) is 0 Å². The van der Waals surface area contributed by atoms with Crippen LogP contribution in [-0.4, -0.2) is 19.5 Å². The molecule has 0 spiro atoms. The van der Waals surface area contributed by atoms with Gasteiger partial charge in [-0.3, -0.25) is 0 Å². The second-order valence-electron chi connectivity index (χ2n) is 5.66. The third-order valence-electron chi connectivity index (χ3n) is 3.90. The Kier molecular flexibility index (Phi) is 4.78. The molecule has 0 atom stereocenters. The summed E-state index contributed by atoms with van der Waals surface area (Å²) in [7, 11) is 0. The molecule has 0 aliphatic carbocycles. The fourth-order valence-corrected chi connectivity index (χ4v) is 2.68. The van der Waals surface area contributed by atoms with E-state index in [1.54, 1.807) is 6.33 Å². The van der Waals surface area contributed by atoms with Crippen molar-refractivity contribution in [3.63, 3.8) is 0 Å². The highest BCUT2D eigenvalue weighted by molar-refractivity contribution is 5.48. The average Bonchev–Trinajstić information content (AvgIpc) is 3.00. The molecular weight excluding hydrogens is 272 g/mol. The molecule has 0 aromatic heterocycles. The summed E-state index contributed by atoms with van der Waals surface area (Å²) in [5, 5.41) is 0. The molecule has 2 aliphatic heterocycles. The van der Waals surface area contributed by atoms with Crippen LogP contribution < -0.4 is 0 Å². The lowest BCUT2D eigenvalue weighted by molar-refractivity contribution is 0.614. The molecular formula is C18H22N4. The van der Waals surface area contributed by atoms with Gasteiger partial charge in [-0.15, -0.1) is 0 Å². The SMILES string of the molecule is CCCCCCc1nc2ncnc-2cn1Cc1ccccc1. The highest BCUT2D eigenvalue weighted by Crippen LogP contribution is 2.18. The molecule has 0 amide bonds. The quantitative estimate of drug-likeness (QED) is 0.620. The van der Waals surface area contributed by atoms with Crippen LogP contribution >= 0.6 is 0 Å². The Hall–Kier alpha value is -2.23. The molecule has 2 heterocycles. The van der Waals surface area contributed by atoms with Crippen molar-refractivity contribution in [2.24, 2.45) is 0 Å². The summed E-state index contributed by atoms with van der Waals surface area (Å²) in [5.74, 6) is 1.86. The average molecular weight is 294 g/mol. The van der Waals surface area contributed by atoms with Crippen molar-refractivity contribution in [3.05, 3.63) is 54.2 Å². The van der Waals surface area contributed by atoms with E-state index in [4.69, 9.17) is 4.98 Å². The van der Waals surface area contributed by atoms with Crippen molar-refractivity contribution in [3.8, 4) is 11.5 Å². The number of aryl methyl sites for hydroxylation is 1. The van der Waals surface area contributed by atoms with E-state index >= 15 is 0 Å². The van der Waals surface area contributed by atoms with Crippen LogP contribution in [0.5, 0.6) is 0 Å². The van der Waals surface area contributed by atoms with Gasteiger partial charge in [-0.1, -0.05) is 56.5 Å². The van der Waals surface area contributed by atoms with Crippen LogP contribution in [0.2, 0.25) is 0 Å². The van der Waals surface area contributed by atoms with Crippen LogP contribution in [-0.2, 0) is 13.0 Å². The van der Waals surface area contributed by atoms with Crippen LogP contribution in [0.25, 0.3) is 11.5 Å². The molecule has 0 fully saturated rings. The Morgan fingerprint density at radius 3 is 2.68 bits per heavy atom. The summed E-state index contributed by atoms with van der Waals surface area (Å²) in [6, 6.07) is 10.5. The second-order valence-corrected chi connectivity index (χ2v) is 5.66. The van der Waals surface area contributed by atoms with Crippen LogP contribution in [0.4, 0.5) is 0 Å². The van der Waals surface area contributed by atoms with Crippen molar-refractivity contribution in [2.75, 3.05) is 0 Å². The molecule has 114 valence electrons. The molecule has 1 aromatic carbocycles. The minimum atomic E-state index is 0.759. The Bertz CT molecular complexity index is 675. The molecule has 3 rings (SSSR count). The van der Waals surface area contributed by atoms with Crippen LogP contribution in [0.3, 0.4) is 0 Å². The normalized spacial score (nSPS) is 11.1. The number of hydrogen-bond donors (Lipinski definition) is 0. The minimum Gasteiger partial charge on any atom is -0.330 e. The van der Waals surface area contributed by atoms with Gasteiger partial charge < -0.3 is 4.57 Å². The second kappa shape index (κ2) is 7.16. The molecule has 1 aromatic rings. The highest BCUT2D eigenvalue weighted by atomic mass is 15.1. The Balaban J connectivity index is 1.84. The van der Waals surface area contributed by atoms with Gasteiger partial charge in [0.2, 0.25) is 0 Å². The Morgan fingerprint density at radius 2 is 1.86 bits per heavy atom. The van der Waals surface area contributed by atoms with E-state index in [9.17, 15) is 0 Å². The van der Waals surface area contributed by atoms with E-state index in [1.807, 2.05) is 6.07 Å². The van der Waals surface area contributed by atoms with Crippen molar-refractivity contribution >= 4 is 0 Å². The summed E-state index contributed by atoms with van der Waals surface area (Å²) in [5.41, 5.74) is 2.15. The fraction of sp³-hybridized carbons (Fsp3) is 0.389. The summed E-state index contributed by atoms with van der Waals surface area (Å²) in [6.45, 7) is 3.07. The lowest BCUT2D eigenvalue weighted by Gasteiger charge is -2.14. The molecule has 0 unspecified atom stereocenters. The number of rotatable bonds is 7. The summed E-state index contributed by atoms with van der Waals surface area (Å²) >= 11 is 0. The zero-order chi connectivity index (χ0) is 15.2. The molecule has 0 saturated heterocycles. The highest BCUT2D eigenvalue weighted by Gasteiger charge is 2.12. The summed E-state index contributed by atoms with van der Waals surface area (Å²) in [4.78, 5) is 13.2. The first-order valence-electron chi connectivity index (χ1n) is 8.07. The molecule has 0 bridgehead atoms. The number of benzene rings is 1. The van der Waals surface area contributed by atoms with Crippen LogP contribution in [0.15, 0.2) is 42.9 Å². The predicted octanol–water partition coefficient (Wildman–Crippen LogP) is 3.95. The predicted molar refractivity (Wildman–Crippen MR) is 87.8 cm³/mol. The van der Waals surface area contributed by atoms with Crippen molar-refractivity contribution in [1.29, 1.82) is 0 Å². The van der Waals surface area contributed by atoms with Gasteiger partial charge in [-0.05, 0) is 12.0 Å². The van der Waals surface area contributed by atoms with Crippen LogP contribution in [0.1, 0.15) is 44.0 Å². The number of unbranched alkanes of at least 4 members (excludes halogenated alkanes) is 3. The summed E-state index contributed by atoms with van der Waals surface area (Å²) in [6.07, 6.45) is 9.64. The van der Waals surface area contributed by atoms with E-state index in [-0.39, 0.29) is 0 Å². The first-order chi connectivity index (χ1) is 10.9. The number of imidazole rings is 1. The number of fused-ring (bicyclic) bond motifs is 1. The van der Waals surface area contributed by atoms with Gasteiger partial charge in [0.05, 0.1) is 0 Å². The van der Waals surface area contributed by atoms with Gasteiger partial charge in [-0.25, -0.2) is 15.0 Å².